The highest BCUT2D eigenvalue weighted by atomic mass is 16.2. The van der Waals surface area contributed by atoms with Crippen molar-refractivity contribution in [3.8, 4) is 0 Å². The van der Waals surface area contributed by atoms with E-state index in [1.165, 1.54) is 154 Å². The van der Waals surface area contributed by atoms with Crippen molar-refractivity contribution in [2.75, 3.05) is 39.3 Å². The van der Waals surface area contributed by atoms with E-state index >= 15 is 0 Å². The van der Waals surface area contributed by atoms with Gasteiger partial charge in [0, 0.05) is 31.1 Å². The van der Waals surface area contributed by atoms with Crippen LogP contribution in [0.5, 0.6) is 0 Å². The van der Waals surface area contributed by atoms with Gasteiger partial charge in [-0.15, -0.1) is 0 Å². The minimum absolute atomic E-state index is 0.345. The highest BCUT2D eigenvalue weighted by molar-refractivity contribution is 5.79. The van der Waals surface area contributed by atoms with E-state index in [4.69, 9.17) is 0 Å². The molecule has 1 amide bonds. The molecule has 2 atom stereocenters. The molecule has 4 nitrogen and oxygen atoms in total. The van der Waals surface area contributed by atoms with Crippen LogP contribution < -0.4 is 5.32 Å². The monoisotopic (exact) mass is 548 g/mol. The second-order valence-corrected chi connectivity index (χ2v) is 13.5. The summed E-state index contributed by atoms with van der Waals surface area (Å²) >= 11 is 0. The molecule has 1 N–H and O–H groups in total. The third kappa shape index (κ3) is 14.2. The Morgan fingerprint density at radius 1 is 0.667 bits per heavy atom. The fourth-order valence-corrected chi connectivity index (χ4v) is 7.03. The predicted molar refractivity (Wildman–Crippen MR) is 170 cm³/mol. The van der Waals surface area contributed by atoms with Crippen LogP contribution in [0.4, 0.5) is 0 Å². The van der Waals surface area contributed by atoms with Crippen molar-refractivity contribution < 1.29 is 4.79 Å². The molecule has 2 unspecified atom stereocenters. The van der Waals surface area contributed by atoms with Crippen LogP contribution >= 0.6 is 0 Å². The van der Waals surface area contributed by atoms with Crippen molar-refractivity contribution >= 4 is 5.91 Å². The molecule has 0 aromatic carbocycles. The van der Waals surface area contributed by atoms with Gasteiger partial charge in [0.25, 0.3) is 0 Å². The van der Waals surface area contributed by atoms with Gasteiger partial charge in [0.05, 0.1) is 6.54 Å². The van der Waals surface area contributed by atoms with Gasteiger partial charge < -0.3 is 15.1 Å². The molecule has 0 bridgehead atoms. The number of nitrogens with zero attached hydrogens (tertiary/aromatic N) is 2. The third-order valence-corrected chi connectivity index (χ3v) is 9.87. The number of piperidine rings is 1. The number of hydrogen-bond acceptors (Lipinski definition) is 3. The average Bonchev–Trinajstić information content (AvgIpc) is 2.92. The first-order valence-electron chi connectivity index (χ1n) is 17.8. The molecule has 0 aromatic rings. The van der Waals surface area contributed by atoms with Gasteiger partial charge in [0.2, 0.25) is 5.91 Å². The Morgan fingerprint density at radius 3 is 1.72 bits per heavy atom. The van der Waals surface area contributed by atoms with Crippen molar-refractivity contribution in [1.29, 1.82) is 0 Å². The summed E-state index contributed by atoms with van der Waals surface area (Å²) in [5, 5.41) is 3.68. The molecule has 2 aliphatic heterocycles. The number of carbonyl (C=O) groups is 1. The van der Waals surface area contributed by atoms with Crippen LogP contribution in [0.15, 0.2) is 0 Å². The van der Waals surface area contributed by atoms with E-state index in [2.05, 4.69) is 42.8 Å². The van der Waals surface area contributed by atoms with Gasteiger partial charge >= 0.3 is 0 Å². The standard InChI is InChI=1S/C35H69N3O/c1-5-9-13-15-19-23-33(22-17-12-8-4)36-28-34(39)38-30-35(31-38)24-26-37(27-25-35)29-32(20-16-11-7-3)21-18-14-10-6-2/h32-33,36H,5-31H2,1-4H3. The normalized spacial score (nSPS) is 18.8. The SMILES string of the molecule is CCCCCCCC(CCCCC)NCC(=O)N1CC2(CCN(CC(CCCCC)CCCCCC)CC2)C1. The lowest BCUT2D eigenvalue weighted by Crippen LogP contribution is -2.63. The number of likely N-dealkylation sites (tertiary alicyclic amines) is 2. The van der Waals surface area contributed by atoms with E-state index in [0.717, 1.165) is 19.0 Å². The highest BCUT2D eigenvalue weighted by Crippen LogP contribution is 2.40. The van der Waals surface area contributed by atoms with Crippen molar-refractivity contribution in [2.45, 2.75) is 169 Å². The molecule has 2 saturated heterocycles. The largest absolute Gasteiger partial charge is 0.340 e. The van der Waals surface area contributed by atoms with Crippen molar-refractivity contribution in [3.63, 3.8) is 0 Å². The molecule has 1 spiro atoms. The number of amides is 1. The van der Waals surface area contributed by atoms with Crippen molar-refractivity contribution in [2.24, 2.45) is 11.3 Å². The zero-order chi connectivity index (χ0) is 28.2. The van der Waals surface area contributed by atoms with Crippen LogP contribution in [0.3, 0.4) is 0 Å². The van der Waals surface area contributed by atoms with Gasteiger partial charge in [-0.05, 0) is 57.5 Å². The highest BCUT2D eigenvalue weighted by Gasteiger charge is 2.46. The Balaban J connectivity index is 1.68. The number of carbonyl (C=O) groups excluding carboxylic acids is 1. The molecule has 2 fully saturated rings. The van der Waals surface area contributed by atoms with Crippen LogP contribution in [0.25, 0.3) is 0 Å². The molecule has 2 heterocycles. The van der Waals surface area contributed by atoms with Crippen LogP contribution in [-0.2, 0) is 4.79 Å². The van der Waals surface area contributed by atoms with Crippen LogP contribution in [-0.4, -0.2) is 61.0 Å². The first-order valence-corrected chi connectivity index (χ1v) is 17.8. The molecular weight excluding hydrogens is 478 g/mol. The summed E-state index contributed by atoms with van der Waals surface area (Å²) in [6.07, 6.45) is 28.2. The van der Waals surface area contributed by atoms with E-state index < -0.39 is 0 Å². The maximum absolute atomic E-state index is 13.0. The van der Waals surface area contributed by atoms with Gasteiger partial charge in [-0.25, -0.2) is 0 Å². The van der Waals surface area contributed by atoms with Crippen molar-refractivity contribution in [3.05, 3.63) is 0 Å². The van der Waals surface area contributed by atoms with E-state index in [1.54, 1.807) is 0 Å². The maximum atomic E-state index is 13.0. The summed E-state index contributed by atoms with van der Waals surface area (Å²) < 4.78 is 0. The van der Waals surface area contributed by atoms with Gasteiger partial charge in [-0.2, -0.15) is 0 Å². The number of unbranched alkanes of at least 4 members (excludes halogenated alkanes) is 11. The minimum Gasteiger partial charge on any atom is -0.340 e. The Labute approximate surface area is 244 Å². The van der Waals surface area contributed by atoms with E-state index in [0.29, 0.717) is 23.9 Å². The van der Waals surface area contributed by atoms with Gasteiger partial charge in [0.15, 0.2) is 0 Å². The zero-order valence-corrected chi connectivity index (χ0v) is 27.0. The number of hydrogen-bond donors (Lipinski definition) is 1. The molecule has 39 heavy (non-hydrogen) atoms. The van der Waals surface area contributed by atoms with Crippen LogP contribution in [0.2, 0.25) is 0 Å². The average molecular weight is 548 g/mol. The molecule has 0 aliphatic carbocycles. The fraction of sp³-hybridized carbons (Fsp3) is 0.971. The summed E-state index contributed by atoms with van der Waals surface area (Å²) in [6.45, 7) is 15.6. The summed E-state index contributed by atoms with van der Waals surface area (Å²) in [6, 6.07) is 0.521. The van der Waals surface area contributed by atoms with Crippen LogP contribution in [0, 0.1) is 11.3 Å². The van der Waals surface area contributed by atoms with Crippen LogP contribution in [0.1, 0.15) is 163 Å². The fourth-order valence-electron chi connectivity index (χ4n) is 7.03. The predicted octanol–water partition coefficient (Wildman–Crippen LogP) is 8.98. The molecule has 0 saturated carbocycles. The maximum Gasteiger partial charge on any atom is 0.236 e. The van der Waals surface area contributed by atoms with Crippen molar-refractivity contribution in [1.82, 2.24) is 15.1 Å². The lowest BCUT2D eigenvalue weighted by molar-refractivity contribution is -0.146. The summed E-state index contributed by atoms with van der Waals surface area (Å²) in [5.74, 6) is 1.24. The Hall–Kier alpha value is -0.610. The molecule has 4 heteroatoms. The van der Waals surface area contributed by atoms with Gasteiger partial charge in [-0.3, -0.25) is 4.79 Å². The lowest BCUT2D eigenvalue weighted by atomic mass is 9.71. The summed E-state index contributed by atoms with van der Waals surface area (Å²) in [5.41, 5.74) is 0.421. The molecule has 230 valence electrons. The van der Waals surface area contributed by atoms with Gasteiger partial charge in [0.1, 0.15) is 0 Å². The number of rotatable bonds is 24. The quantitative estimate of drug-likeness (QED) is 0.122. The smallest absolute Gasteiger partial charge is 0.236 e. The molecule has 2 aliphatic rings. The first kappa shape index (κ1) is 34.6. The zero-order valence-electron chi connectivity index (χ0n) is 27.0. The second kappa shape index (κ2) is 21.1. The number of nitrogens with one attached hydrogen (secondary N) is 1. The Bertz CT molecular complexity index is 593. The van der Waals surface area contributed by atoms with E-state index in [1.807, 2.05) is 0 Å². The van der Waals surface area contributed by atoms with E-state index in [9.17, 15) is 4.79 Å². The van der Waals surface area contributed by atoms with E-state index in [-0.39, 0.29) is 0 Å². The first-order chi connectivity index (χ1) is 19.1. The Morgan fingerprint density at radius 2 is 1.13 bits per heavy atom. The summed E-state index contributed by atoms with van der Waals surface area (Å²) in [4.78, 5) is 18.0. The van der Waals surface area contributed by atoms with Gasteiger partial charge in [-0.1, -0.05) is 124 Å². The molecular formula is C35H69N3O. The lowest BCUT2D eigenvalue weighted by Gasteiger charge is -2.54. The Kier molecular flexibility index (Phi) is 18.8. The second-order valence-electron chi connectivity index (χ2n) is 13.5. The third-order valence-electron chi connectivity index (χ3n) is 9.87. The molecule has 2 rings (SSSR count). The topological polar surface area (TPSA) is 35.6 Å². The molecule has 0 aromatic heterocycles. The minimum atomic E-state index is 0.345. The summed E-state index contributed by atoms with van der Waals surface area (Å²) in [7, 11) is 0. The molecule has 0 radical (unpaired) electrons.